The van der Waals surface area contributed by atoms with Gasteiger partial charge in [0, 0.05) is 12.3 Å². The molecule has 1 aromatic heterocycles. The van der Waals surface area contributed by atoms with Crippen molar-refractivity contribution in [3.05, 3.63) is 84.6 Å². The van der Waals surface area contributed by atoms with E-state index in [4.69, 9.17) is 9.47 Å². The summed E-state index contributed by atoms with van der Waals surface area (Å²) in [4.78, 5) is 16.1. The molecule has 5 nitrogen and oxygen atoms in total. The van der Waals surface area contributed by atoms with E-state index in [1.807, 2.05) is 49.4 Å². The Hall–Kier alpha value is -3.34. The number of aromatic nitrogens is 1. The second-order valence-electron chi connectivity index (χ2n) is 5.73. The van der Waals surface area contributed by atoms with E-state index in [-0.39, 0.29) is 18.6 Å². The topological polar surface area (TPSA) is 60.5 Å². The van der Waals surface area contributed by atoms with E-state index in [0.29, 0.717) is 17.4 Å². The third-order valence-electron chi connectivity index (χ3n) is 3.73. The molecule has 0 aliphatic carbocycles. The first-order valence-electron chi connectivity index (χ1n) is 8.37. The monoisotopic (exact) mass is 348 g/mol. The van der Waals surface area contributed by atoms with E-state index in [2.05, 4.69) is 10.3 Å². The molecule has 3 rings (SSSR count). The first-order valence-corrected chi connectivity index (χ1v) is 8.37. The van der Waals surface area contributed by atoms with Gasteiger partial charge in [-0.15, -0.1) is 0 Å². The summed E-state index contributed by atoms with van der Waals surface area (Å²) in [5.74, 6) is 1.60. The third kappa shape index (κ3) is 5.08. The van der Waals surface area contributed by atoms with Crippen molar-refractivity contribution in [2.24, 2.45) is 0 Å². The normalized spacial score (nSPS) is 11.4. The molecule has 1 heterocycles. The largest absolute Gasteiger partial charge is 0.484 e. The molecule has 0 aliphatic rings. The minimum Gasteiger partial charge on any atom is -0.484 e. The lowest BCUT2D eigenvalue weighted by atomic mass is 10.1. The minimum absolute atomic E-state index is 0.0440. The lowest BCUT2D eigenvalue weighted by Gasteiger charge is -2.14. The predicted molar refractivity (Wildman–Crippen MR) is 99.2 cm³/mol. The standard InChI is InChI=1S/C21H20N2O3/c1-16(17-7-3-2-4-8-17)23-20(24)15-25-18-10-12-19(13-11-18)26-21-9-5-6-14-22-21/h2-14,16H,15H2,1H3,(H,23,24). The zero-order valence-electron chi connectivity index (χ0n) is 14.5. The summed E-state index contributed by atoms with van der Waals surface area (Å²) in [6.07, 6.45) is 1.67. The highest BCUT2D eigenvalue weighted by molar-refractivity contribution is 5.78. The van der Waals surface area contributed by atoms with Gasteiger partial charge in [0.15, 0.2) is 6.61 Å². The van der Waals surface area contributed by atoms with E-state index in [9.17, 15) is 4.79 Å². The molecule has 1 atom stereocenters. The number of nitrogens with zero attached hydrogens (tertiary/aromatic N) is 1. The Morgan fingerprint density at radius 3 is 2.35 bits per heavy atom. The number of nitrogens with one attached hydrogen (secondary N) is 1. The van der Waals surface area contributed by atoms with Crippen LogP contribution in [-0.4, -0.2) is 17.5 Å². The number of benzene rings is 2. The van der Waals surface area contributed by atoms with E-state index in [0.717, 1.165) is 5.56 Å². The van der Waals surface area contributed by atoms with Crippen molar-refractivity contribution in [1.29, 1.82) is 0 Å². The molecule has 0 fully saturated rings. The first kappa shape index (κ1) is 17.5. The molecule has 0 radical (unpaired) electrons. The van der Waals surface area contributed by atoms with Crippen molar-refractivity contribution >= 4 is 5.91 Å². The molecule has 0 spiro atoms. The van der Waals surface area contributed by atoms with Crippen LogP contribution in [0.25, 0.3) is 0 Å². The quantitative estimate of drug-likeness (QED) is 0.697. The van der Waals surface area contributed by atoms with Crippen LogP contribution in [0.5, 0.6) is 17.4 Å². The van der Waals surface area contributed by atoms with Gasteiger partial charge in [0.25, 0.3) is 5.91 Å². The van der Waals surface area contributed by atoms with Gasteiger partial charge in [-0.3, -0.25) is 4.79 Å². The lowest BCUT2D eigenvalue weighted by Crippen LogP contribution is -2.31. The first-order chi connectivity index (χ1) is 12.7. The summed E-state index contributed by atoms with van der Waals surface area (Å²) >= 11 is 0. The maximum absolute atomic E-state index is 12.0. The minimum atomic E-state index is -0.171. The maximum atomic E-state index is 12.0. The highest BCUT2D eigenvalue weighted by atomic mass is 16.5. The van der Waals surface area contributed by atoms with Crippen LogP contribution >= 0.6 is 0 Å². The molecule has 1 unspecified atom stereocenters. The zero-order valence-corrected chi connectivity index (χ0v) is 14.5. The van der Waals surface area contributed by atoms with E-state index < -0.39 is 0 Å². The van der Waals surface area contributed by atoms with Crippen molar-refractivity contribution in [3.63, 3.8) is 0 Å². The van der Waals surface area contributed by atoms with E-state index >= 15 is 0 Å². The van der Waals surface area contributed by atoms with Gasteiger partial charge < -0.3 is 14.8 Å². The Labute approximate surface area is 152 Å². The molecule has 0 bridgehead atoms. The van der Waals surface area contributed by atoms with Crippen LogP contribution in [0.4, 0.5) is 0 Å². The van der Waals surface area contributed by atoms with Gasteiger partial charge in [-0.05, 0) is 42.8 Å². The molecule has 0 saturated carbocycles. The molecule has 132 valence electrons. The zero-order chi connectivity index (χ0) is 18.2. The highest BCUT2D eigenvalue weighted by Gasteiger charge is 2.09. The van der Waals surface area contributed by atoms with E-state index in [1.54, 1.807) is 36.5 Å². The molecule has 3 aromatic rings. The molecule has 5 heteroatoms. The average molecular weight is 348 g/mol. The SMILES string of the molecule is CC(NC(=O)COc1ccc(Oc2ccccn2)cc1)c1ccccc1. The molecule has 0 saturated heterocycles. The number of pyridine rings is 1. The summed E-state index contributed by atoms with van der Waals surface area (Å²) in [5, 5.41) is 2.91. The summed E-state index contributed by atoms with van der Waals surface area (Å²) < 4.78 is 11.1. The molecule has 26 heavy (non-hydrogen) atoms. The number of ether oxygens (including phenoxy) is 2. The molecule has 0 aliphatic heterocycles. The van der Waals surface area contributed by atoms with Gasteiger partial charge in [0.05, 0.1) is 6.04 Å². The molecule has 2 aromatic carbocycles. The number of amides is 1. The van der Waals surface area contributed by atoms with Crippen LogP contribution in [0.3, 0.4) is 0 Å². The van der Waals surface area contributed by atoms with Crippen LogP contribution in [0.15, 0.2) is 79.0 Å². The Balaban J connectivity index is 1.48. The second-order valence-corrected chi connectivity index (χ2v) is 5.73. The Kier molecular flexibility index (Phi) is 5.83. The number of carbonyl (C=O) groups is 1. The summed E-state index contributed by atoms with van der Waals surface area (Å²) in [6.45, 7) is 1.90. The fraction of sp³-hybridized carbons (Fsp3) is 0.143. The Bertz CT molecular complexity index is 821. The second kappa shape index (κ2) is 8.67. The van der Waals surface area contributed by atoms with Crippen LogP contribution in [0.1, 0.15) is 18.5 Å². The van der Waals surface area contributed by atoms with Gasteiger partial charge in [0.1, 0.15) is 11.5 Å². The van der Waals surface area contributed by atoms with Crippen LogP contribution in [-0.2, 0) is 4.79 Å². The summed E-state index contributed by atoms with van der Waals surface area (Å²) in [7, 11) is 0. The number of carbonyl (C=O) groups excluding carboxylic acids is 1. The third-order valence-corrected chi connectivity index (χ3v) is 3.73. The summed E-state index contributed by atoms with van der Waals surface area (Å²) in [5.41, 5.74) is 1.05. The number of hydrogen-bond donors (Lipinski definition) is 1. The van der Waals surface area contributed by atoms with Gasteiger partial charge >= 0.3 is 0 Å². The number of rotatable bonds is 7. The van der Waals surface area contributed by atoms with Crippen LogP contribution < -0.4 is 14.8 Å². The smallest absolute Gasteiger partial charge is 0.258 e. The van der Waals surface area contributed by atoms with Gasteiger partial charge in [-0.1, -0.05) is 36.4 Å². The predicted octanol–water partition coefficient (Wildman–Crippen LogP) is 4.13. The van der Waals surface area contributed by atoms with Crippen molar-refractivity contribution in [2.45, 2.75) is 13.0 Å². The summed E-state index contributed by atoms with van der Waals surface area (Å²) in [6, 6.07) is 22.3. The average Bonchev–Trinajstić information content (AvgIpc) is 2.69. The van der Waals surface area contributed by atoms with Crippen molar-refractivity contribution in [1.82, 2.24) is 10.3 Å². The molecule has 1 amide bonds. The Morgan fingerprint density at radius 1 is 0.962 bits per heavy atom. The fourth-order valence-corrected chi connectivity index (χ4v) is 2.39. The van der Waals surface area contributed by atoms with Crippen LogP contribution in [0, 0.1) is 0 Å². The highest BCUT2D eigenvalue weighted by Crippen LogP contribution is 2.22. The van der Waals surface area contributed by atoms with Crippen molar-refractivity contribution in [2.75, 3.05) is 6.61 Å². The van der Waals surface area contributed by atoms with Crippen LogP contribution in [0.2, 0.25) is 0 Å². The number of hydrogen-bond acceptors (Lipinski definition) is 4. The van der Waals surface area contributed by atoms with Gasteiger partial charge in [-0.2, -0.15) is 0 Å². The lowest BCUT2D eigenvalue weighted by molar-refractivity contribution is -0.123. The van der Waals surface area contributed by atoms with Gasteiger partial charge in [-0.25, -0.2) is 4.98 Å². The van der Waals surface area contributed by atoms with Gasteiger partial charge in [0.2, 0.25) is 5.88 Å². The van der Waals surface area contributed by atoms with E-state index in [1.165, 1.54) is 0 Å². The molecular weight excluding hydrogens is 328 g/mol. The Morgan fingerprint density at radius 2 is 1.65 bits per heavy atom. The van der Waals surface area contributed by atoms with Crippen molar-refractivity contribution < 1.29 is 14.3 Å². The van der Waals surface area contributed by atoms with Crippen molar-refractivity contribution in [3.8, 4) is 17.4 Å². The fourth-order valence-electron chi connectivity index (χ4n) is 2.39. The maximum Gasteiger partial charge on any atom is 0.258 e. The molecule has 1 N–H and O–H groups in total. The molecular formula is C21H20N2O3.